The van der Waals surface area contributed by atoms with Crippen LogP contribution in [-0.2, 0) is 0 Å². The van der Waals surface area contributed by atoms with Gasteiger partial charge in [-0.3, -0.25) is 0 Å². The first kappa shape index (κ1) is 12.9. The first-order chi connectivity index (χ1) is 9.69. The lowest BCUT2D eigenvalue weighted by atomic mass is 10.3. The van der Waals surface area contributed by atoms with Gasteiger partial charge in [-0.25, -0.2) is 9.37 Å². The number of aromatic nitrogens is 1. The molecule has 102 valence electrons. The van der Waals surface area contributed by atoms with Crippen molar-refractivity contribution in [2.75, 3.05) is 17.2 Å². The monoisotopic (exact) mass is 287 g/mol. The maximum absolute atomic E-state index is 13.9. The number of hydrogen-bond donors (Lipinski definition) is 1. The molecular formula is C15H14FN3S. The number of para-hydroxylation sites is 1. The van der Waals surface area contributed by atoms with Crippen LogP contribution in [0.15, 0.2) is 42.5 Å². The van der Waals surface area contributed by atoms with Crippen LogP contribution in [-0.4, -0.2) is 11.5 Å². The van der Waals surface area contributed by atoms with Crippen molar-refractivity contribution in [3.63, 3.8) is 0 Å². The average Bonchev–Trinajstić information content (AvgIpc) is 2.84. The van der Waals surface area contributed by atoms with E-state index in [1.54, 1.807) is 12.1 Å². The highest BCUT2D eigenvalue weighted by atomic mass is 32.1. The van der Waals surface area contributed by atoms with Gasteiger partial charge in [-0.1, -0.05) is 23.5 Å². The van der Waals surface area contributed by atoms with Crippen molar-refractivity contribution >= 4 is 38.1 Å². The molecule has 0 bridgehead atoms. The van der Waals surface area contributed by atoms with Crippen LogP contribution in [0.5, 0.6) is 0 Å². The molecule has 2 N–H and O–H groups in total. The summed E-state index contributed by atoms with van der Waals surface area (Å²) in [5.41, 5.74) is 7.92. The van der Waals surface area contributed by atoms with Crippen molar-refractivity contribution in [2.24, 2.45) is 0 Å². The number of rotatable bonds is 3. The summed E-state index contributed by atoms with van der Waals surface area (Å²) in [5.74, 6) is -0.242. The summed E-state index contributed by atoms with van der Waals surface area (Å²) in [6.45, 7) is 2.63. The molecule has 0 saturated carbocycles. The Morgan fingerprint density at radius 1 is 1.25 bits per heavy atom. The molecule has 0 spiro atoms. The Bertz CT molecular complexity index is 754. The number of nitrogens with zero attached hydrogens (tertiary/aromatic N) is 2. The van der Waals surface area contributed by atoms with Crippen LogP contribution in [0.25, 0.3) is 10.2 Å². The first-order valence-electron chi connectivity index (χ1n) is 6.37. The molecule has 3 nitrogen and oxygen atoms in total. The van der Waals surface area contributed by atoms with Gasteiger partial charge in [0, 0.05) is 12.2 Å². The molecule has 0 unspecified atom stereocenters. The number of benzene rings is 2. The largest absolute Gasteiger partial charge is 0.399 e. The molecule has 0 aliphatic rings. The van der Waals surface area contributed by atoms with Crippen LogP contribution >= 0.6 is 11.3 Å². The molecule has 3 aromatic rings. The number of nitrogens with two attached hydrogens (primary N) is 1. The second-order valence-electron chi connectivity index (χ2n) is 4.42. The topological polar surface area (TPSA) is 42.2 Å². The normalized spacial score (nSPS) is 10.9. The minimum absolute atomic E-state index is 0.242. The number of thiazole rings is 1. The standard InChI is InChI=1S/C15H14FN3S/c1-2-19(13-6-4-3-5-11(13)16)15-18-12-8-7-10(17)9-14(12)20-15/h3-9H,2,17H2,1H3. The Hall–Kier alpha value is -2.14. The van der Waals surface area contributed by atoms with E-state index in [0.29, 0.717) is 17.9 Å². The molecule has 0 fully saturated rings. The Morgan fingerprint density at radius 2 is 2.05 bits per heavy atom. The smallest absolute Gasteiger partial charge is 0.191 e. The highest BCUT2D eigenvalue weighted by molar-refractivity contribution is 7.22. The fraction of sp³-hybridized carbons (Fsp3) is 0.133. The van der Waals surface area contributed by atoms with Gasteiger partial charge in [0.25, 0.3) is 0 Å². The van der Waals surface area contributed by atoms with Gasteiger partial charge in [0.1, 0.15) is 5.82 Å². The fourth-order valence-corrected chi connectivity index (χ4v) is 3.22. The Labute approximate surface area is 120 Å². The summed E-state index contributed by atoms with van der Waals surface area (Å²) in [6, 6.07) is 12.3. The number of halogens is 1. The fourth-order valence-electron chi connectivity index (χ4n) is 2.12. The second-order valence-corrected chi connectivity index (χ2v) is 5.43. The first-order valence-corrected chi connectivity index (χ1v) is 7.19. The lowest BCUT2D eigenvalue weighted by Gasteiger charge is -2.20. The molecule has 0 aliphatic heterocycles. The summed E-state index contributed by atoms with van der Waals surface area (Å²) in [7, 11) is 0. The Balaban J connectivity index is 2.10. The van der Waals surface area contributed by atoms with Crippen molar-refractivity contribution in [2.45, 2.75) is 6.92 Å². The third-order valence-electron chi connectivity index (χ3n) is 3.09. The van der Waals surface area contributed by atoms with E-state index in [4.69, 9.17) is 5.73 Å². The minimum atomic E-state index is -0.242. The van der Waals surface area contributed by atoms with Crippen molar-refractivity contribution in [1.82, 2.24) is 4.98 Å². The van der Waals surface area contributed by atoms with Crippen LogP contribution in [0.4, 0.5) is 20.9 Å². The molecule has 1 aromatic heterocycles. The van der Waals surface area contributed by atoms with E-state index in [2.05, 4.69) is 4.98 Å². The molecule has 5 heteroatoms. The van der Waals surface area contributed by atoms with E-state index in [9.17, 15) is 4.39 Å². The summed E-state index contributed by atoms with van der Waals surface area (Å²) < 4.78 is 15.0. The Morgan fingerprint density at radius 3 is 2.80 bits per heavy atom. The predicted molar refractivity (Wildman–Crippen MR) is 83.1 cm³/mol. The average molecular weight is 287 g/mol. The van der Waals surface area contributed by atoms with Crippen molar-refractivity contribution in [3.05, 3.63) is 48.3 Å². The zero-order chi connectivity index (χ0) is 14.1. The summed E-state index contributed by atoms with van der Waals surface area (Å²) >= 11 is 1.52. The maximum Gasteiger partial charge on any atom is 0.191 e. The van der Waals surface area contributed by atoms with Crippen molar-refractivity contribution in [3.8, 4) is 0 Å². The van der Waals surface area contributed by atoms with Crippen LogP contribution < -0.4 is 10.6 Å². The van der Waals surface area contributed by atoms with Crippen molar-refractivity contribution < 1.29 is 4.39 Å². The summed E-state index contributed by atoms with van der Waals surface area (Å²) in [5, 5.41) is 0.776. The molecule has 0 radical (unpaired) electrons. The van der Waals surface area contributed by atoms with Crippen LogP contribution in [0.1, 0.15) is 6.92 Å². The molecule has 20 heavy (non-hydrogen) atoms. The number of anilines is 3. The molecule has 3 rings (SSSR count). The predicted octanol–water partition coefficient (Wildman–Crippen LogP) is 4.18. The molecule has 0 aliphatic carbocycles. The highest BCUT2D eigenvalue weighted by Gasteiger charge is 2.15. The number of nitrogen functional groups attached to an aromatic ring is 1. The number of fused-ring (bicyclic) bond motifs is 1. The van der Waals surface area contributed by atoms with Gasteiger partial charge < -0.3 is 10.6 Å². The zero-order valence-corrected chi connectivity index (χ0v) is 11.8. The van der Waals surface area contributed by atoms with Gasteiger partial charge in [0.2, 0.25) is 0 Å². The zero-order valence-electron chi connectivity index (χ0n) is 11.0. The van der Waals surface area contributed by atoms with Gasteiger partial charge in [0.05, 0.1) is 15.9 Å². The molecule has 1 heterocycles. The quantitative estimate of drug-likeness (QED) is 0.735. The third-order valence-corrected chi connectivity index (χ3v) is 4.13. The lowest BCUT2D eigenvalue weighted by Crippen LogP contribution is -2.16. The van der Waals surface area contributed by atoms with Gasteiger partial charge in [-0.2, -0.15) is 0 Å². The molecular weight excluding hydrogens is 273 g/mol. The van der Waals surface area contributed by atoms with E-state index in [1.165, 1.54) is 17.4 Å². The second kappa shape index (κ2) is 5.09. The Kier molecular flexibility index (Phi) is 3.28. The van der Waals surface area contributed by atoms with Gasteiger partial charge in [-0.05, 0) is 37.3 Å². The summed E-state index contributed by atoms with van der Waals surface area (Å²) in [4.78, 5) is 6.44. The van der Waals surface area contributed by atoms with E-state index >= 15 is 0 Å². The molecule has 0 saturated heterocycles. The van der Waals surface area contributed by atoms with Crippen molar-refractivity contribution in [1.29, 1.82) is 0 Å². The van der Waals surface area contributed by atoms with E-state index in [1.807, 2.05) is 36.1 Å². The molecule has 0 atom stereocenters. The maximum atomic E-state index is 13.9. The lowest BCUT2D eigenvalue weighted by molar-refractivity contribution is 0.625. The van der Waals surface area contributed by atoms with E-state index in [0.717, 1.165) is 15.3 Å². The minimum Gasteiger partial charge on any atom is -0.399 e. The van der Waals surface area contributed by atoms with E-state index in [-0.39, 0.29) is 5.82 Å². The molecule has 0 amide bonds. The van der Waals surface area contributed by atoms with Crippen LogP contribution in [0.2, 0.25) is 0 Å². The SMILES string of the molecule is CCN(c1nc2ccc(N)cc2s1)c1ccccc1F. The van der Waals surface area contributed by atoms with Gasteiger partial charge in [0.15, 0.2) is 5.13 Å². The number of hydrogen-bond acceptors (Lipinski definition) is 4. The highest BCUT2D eigenvalue weighted by Crippen LogP contribution is 2.34. The van der Waals surface area contributed by atoms with Gasteiger partial charge >= 0.3 is 0 Å². The van der Waals surface area contributed by atoms with Gasteiger partial charge in [-0.15, -0.1) is 0 Å². The van der Waals surface area contributed by atoms with Crippen LogP contribution in [0, 0.1) is 5.82 Å². The third kappa shape index (κ3) is 2.20. The molecule has 2 aromatic carbocycles. The summed E-state index contributed by atoms with van der Waals surface area (Å²) in [6.07, 6.45) is 0. The van der Waals surface area contributed by atoms with E-state index < -0.39 is 0 Å². The van der Waals surface area contributed by atoms with Crippen LogP contribution in [0.3, 0.4) is 0 Å².